The number of hydrogen-bond donors (Lipinski definition) is 1. The van der Waals surface area contributed by atoms with Gasteiger partial charge in [-0.25, -0.2) is 4.68 Å². The van der Waals surface area contributed by atoms with Gasteiger partial charge in [-0.3, -0.25) is 9.59 Å². The van der Waals surface area contributed by atoms with Crippen LogP contribution in [0.25, 0.3) is 5.69 Å². The van der Waals surface area contributed by atoms with Crippen molar-refractivity contribution in [2.24, 2.45) is 0 Å². The lowest BCUT2D eigenvalue weighted by molar-refractivity contribution is -0.141. The van der Waals surface area contributed by atoms with E-state index in [2.05, 4.69) is 26.3 Å². The van der Waals surface area contributed by atoms with Gasteiger partial charge in [0.2, 0.25) is 0 Å². The first-order chi connectivity index (χ1) is 13.0. The van der Waals surface area contributed by atoms with E-state index in [9.17, 15) is 9.59 Å². The first-order valence-electron chi connectivity index (χ1n) is 8.21. The number of halogens is 1. The van der Waals surface area contributed by atoms with E-state index in [1.54, 1.807) is 4.68 Å². The van der Waals surface area contributed by atoms with Gasteiger partial charge in [0.1, 0.15) is 0 Å². The van der Waals surface area contributed by atoms with Crippen LogP contribution in [0.2, 0.25) is 0 Å². The molecule has 6 nitrogen and oxygen atoms in total. The zero-order chi connectivity index (χ0) is 19.4. The van der Waals surface area contributed by atoms with Crippen molar-refractivity contribution in [2.75, 3.05) is 7.11 Å². The number of aromatic nitrogens is 2. The standard InChI is InChI=1S/C19H18BrN3O3S/c1-12-15(11-21-23(12)14-6-3-5-13(20)9-14)19(25)22-16(10-18(24)26-2)17-7-4-8-27-17/h3-9,11,16H,10H2,1-2H3,(H,22,25). The van der Waals surface area contributed by atoms with Crippen molar-refractivity contribution >= 4 is 39.1 Å². The zero-order valence-corrected chi connectivity index (χ0v) is 17.2. The number of methoxy groups -OCH3 is 1. The molecular formula is C19H18BrN3O3S. The average Bonchev–Trinajstić information content (AvgIpc) is 3.30. The molecule has 1 aromatic carbocycles. The second-order valence-corrected chi connectivity index (χ2v) is 7.75. The van der Waals surface area contributed by atoms with Crippen LogP contribution in [0.1, 0.15) is 33.4 Å². The van der Waals surface area contributed by atoms with Gasteiger partial charge >= 0.3 is 5.97 Å². The van der Waals surface area contributed by atoms with E-state index in [1.165, 1.54) is 24.6 Å². The third kappa shape index (κ3) is 4.45. The molecule has 0 bridgehead atoms. The summed E-state index contributed by atoms with van der Waals surface area (Å²) in [6, 6.07) is 11.0. The molecule has 0 aliphatic carbocycles. The van der Waals surface area contributed by atoms with Crippen molar-refractivity contribution in [1.82, 2.24) is 15.1 Å². The Hall–Kier alpha value is -2.45. The predicted molar refractivity (Wildman–Crippen MR) is 107 cm³/mol. The molecular weight excluding hydrogens is 430 g/mol. The maximum Gasteiger partial charge on any atom is 0.307 e. The quantitative estimate of drug-likeness (QED) is 0.578. The zero-order valence-electron chi connectivity index (χ0n) is 14.8. The molecule has 1 amide bonds. The topological polar surface area (TPSA) is 73.2 Å². The van der Waals surface area contributed by atoms with Crippen molar-refractivity contribution in [1.29, 1.82) is 0 Å². The van der Waals surface area contributed by atoms with Gasteiger partial charge in [-0.1, -0.05) is 28.1 Å². The van der Waals surface area contributed by atoms with E-state index in [-0.39, 0.29) is 18.3 Å². The minimum absolute atomic E-state index is 0.0710. The summed E-state index contributed by atoms with van der Waals surface area (Å²) in [6.45, 7) is 1.84. The highest BCUT2D eigenvalue weighted by Gasteiger charge is 2.23. The lowest BCUT2D eigenvalue weighted by Crippen LogP contribution is -2.30. The molecule has 8 heteroatoms. The van der Waals surface area contributed by atoms with Gasteiger partial charge in [0.05, 0.1) is 42.7 Å². The van der Waals surface area contributed by atoms with E-state index >= 15 is 0 Å². The van der Waals surface area contributed by atoms with Crippen LogP contribution in [0.15, 0.2) is 52.4 Å². The molecule has 2 heterocycles. The fourth-order valence-electron chi connectivity index (χ4n) is 2.70. The smallest absolute Gasteiger partial charge is 0.307 e. The second kappa shape index (κ2) is 8.49. The fourth-order valence-corrected chi connectivity index (χ4v) is 3.86. The number of benzene rings is 1. The molecule has 0 spiro atoms. The molecule has 2 aromatic heterocycles. The Bertz CT molecular complexity index is 953. The summed E-state index contributed by atoms with van der Waals surface area (Å²) in [6.07, 6.45) is 1.61. The van der Waals surface area contributed by atoms with Crippen LogP contribution in [0.4, 0.5) is 0 Å². The third-order valence-corrected chi connectivity index (χ3v) is 5.58. The summed E-state index contributed by atoms with van der Waals surface area (Å²) in [5.74, 6) is -0.661. The molecule has 0 saturated heterocycles. The number of carbonyl (C=O) groups is 2. The van der Waals surface area contributed by atoms with Crippen molar-refractivity contribution in [2.45, 2.75) is 19.4 Å². The van der Waals surface area contributed by atoms with Crippen molar-refractivity contribution in [3.63, 3.8) is 0 Å². The van der Waals surface area contributed by atoms with Gasteiger partial charge in [0.15, 0.2) is 0 Å². The Morgan fingerprint density at radius 1 is 1.33 bits per heavy atom. The van der Waals surface area contributed by atoms with Crippen molar-refractivity contribution in [3.8, 4) is 5.69 Å². The lowest BCUT2D eigenvalue weighted by atomic mass is 10.1. The first kappa shape index (κ1) is 19.3. The molecule has 27 heavy (non-hydrogen) atoms. The number of hydrogen-bond acceptors (Lipinski definition) is 5. The highest BCUT2D eigenvalue weighted by atomic mass is 79.9. The molecule has 0 fully saturated rings. The number of rotatable bonds is 6. The Kier molecular flexibility index (Phi) is 6.08. The summed E-state index contributed by atoms with van der Waals surface area (Å²) in [7, 11) is 1.34. The van der Waals surface area contributed by atoms with Gasteiger partial charge in [0, 0.05) is 9.35 Å². The number of thiophene rings is 1. The maximum absolute atomic E-state index is 12.8. The van der Waals surface area contributed by atoms with E-state index in [4.69, 9.17) is 4.74 Å². The number of nitrogens with zero attached hydrogens (tertiary/aromatic N) is 2. The number of amides is 1. The maximum atomic E-state index is 12.8. The Balaban J connectivity index is 1.83. The van der Waals surface area contributed by atoms with Gasteiger partial charge in [-0.05, 0) is 36.6 Å². The van der Waals surface area contributed by atoms with Crippen LogP contribution >= 0.6 is 27.3 Å². The van der Waals surface area contributed by atoms with Crippen LogP contribution in [0.5, 0.6) is 0 Å². The number of nitrogens with one attached hydrogen (secondary N) is 1. The van der Waals surface area contributed by atoms with E-state index in [0.29, 0.717) is 11.3 Å². The molecule has 0 aliphatic heterocycles. The van der Waals surface area contributed by atoms with E-state index < -0.39 is 6.04 Å². The SMILES string of the molecule is COC(=O)CC(NC(=O)c1cnn(-c2cccc(Br)c2)c1C)c1cccs1. The van der Waals surface area contributed by atoms with Crippen LogP contribution in [-0.4, -0.2) is 28.8 Å². The van der Waals surface area contributed by atoms with Gasteiger partial charge in [0.25, 0.3) is 5.91 Å². The minimum Gasteiger partial charge on any atom is -0.469 e. The summed E-state index contributed by atoms with van der Waals surface area (Å²) in [5.41, 5.74) is 2.03. The molecule has 1 atom stereocenters. The summed E-state index contributed by atoms with van der Waals surface area (Å²) in [4.78, 5) is 25.5. The van der Waals surface area contributed by atoms with Gasteiger partial charge < -0.3 is 10.1 Å². The minimum atomic E-state index is -0.446. The Labute approximate surface area is 169 Å². The lowest BCUT2D eigenvalue weighted by Gasteiger charge is -2.16. The Morgan fingerprint density at radius 3 is 2.81 bits per heavy atom. The first-order valence-corrected chi connectivity index (χ1v) is 9.88. The predicted octanol–water partition coefficient (Wildman–Crippen LogP) is 4.04. The van der Waals surface area contributed by atoms with Gasteiger partial charge in [-0.2, -0.15) is 5.10 Å². The monoisotopic (exact) mass is 447 g/mol. The van der Waals surface area contributed by atoms with Crippen LogP contribution in [0.3, 0.4) is 0 Å². The summed E-state index contributed by atoms with van der Waals surface area (Å²) >= 11 is 4.92. The second-order valence-electron chi connectivity index (χ2n) is 5.86. The highest BCUT2D eigenvalue weighted by Crippen LogP contribution is 2.24. The normalized spacial score (nSPS) is 11.8. The molecule has 3 aromatic rings. The summed E-state index contributed by atoms with van der Waals surface area (Å²) in [5, 5.41) is 9.17. The van der Waals surface area contributed by atoms with Crippen molar-refractivity contribution in [3.05, 3.63) is 68.6 Å². The summed E-state index contributed by atoms with van der Waals surface area (Å²) < 4.78 is 7.39. The highest BCUT2D eigenvalue weighted by molar-refractivity contribution is 9.10. The van der Waals surface area contributed by atoms with Crippen LogP contribution in [-0.2, 0) is 9.53 Å². The molecule has 0 saturated carbocycles. The number of esters is 1. The molecule has 0 radical (unpaired) electrons. The molecule has 140 valence electrons. The van der Waals surface area contributed by atoms with Crippen LogP contribution < -0.4 is 5.32 Å². The van der Waals surface area contributed by atoms with Gasteiger partial charge in [-0.15, -0.1) is 11.3 Å². The molecule has 0 aliphatic rings. The Morgan fingerprint density at radius 2 is 2.15 bits per heavy atom. The average molecular weight is 448 g/mol. The molecule has 3 rings (SSSR count). The van der Waals surface area contributed by atoms with Crippen LogP contribution in [0, 0.1) is 6.92 Å². The fraction of sp³-hybridized carbons (Fsp3) is 0.211. The largest absolute Gasteiger partial charge is 0.469 e. The number of ether oxygens (including phenoxy) is 1. The van der Waals surface area contributed by atoms with E-state index in [0.717, 1.165) is 15.0 Å². The van der Waals surface area contributed by atoms with Crippen molar-refractivity contribution < 1.29 is 14.3 Å². The molecule has 1 unspecified atom stereocenters. The number of carbonyl (C=O) groups excluding carboxylic acids is 2. The third-order valence-electron chi connectivity index (χ3n) is 4.10. The molecule has 1 N–H and O–H groups in total. The van der Waals surface area contributed by atoms with E-state index in [1.807, 2.05) is 48.7 Å².